The quantitative estimate of drug-likeness (QED) is 0.655. The van der Waals surface area contributed by atoms with Crippen molar-refractivity contribution >= 4 is 40.6 Å². The van der Waals surface area contributed by atoms with Crippen LogP contribution in [0.15, 0.2) is 47.4 Å². The number of amides is 1. The molecule has 0 radical (unpaired) electrons. The fourth-order valence-electron chi connectivity index (χ4n) is 1.65. The van der Waals surface area contributed by atoms with Gasteiger partial charge in [-0.25, -0.2) is 4.39 Å². The lowest BCUT2D eigenvalue weighted by Gasteiger charge is -2.13. The molecule has 0 fully saturated rings. The maximum absolute atomic E-state index is 13.6. The largest absolute Gasteiger partial charge is 0.399 e. The van der Waals surface area contributed by atoms with E-state index in [2.05, 4.69) is 5.32 Å². The Kier molecular flexibility index (Phi) is 5.09. The van der Waals surface area contributed by atoms with Gasteiger partial charge in [0, 0.05) is 10.6 Å². The molecule has 0 saturated heterocycles. The van der Waals surface area contributed by atoms with Gasteiger partial charge in [-0.05, 0) is 37.3 Å². The van der Waals surface area contributed by atoms with E-state index in [9.17, 15) is 9.18 Å². The zero-order chi connectivity index (χ0) is 15.4. The number of thioether (sulfide) groups is 1. The summed E-state index contributed by atoms with van der Waals surface area (Å²) in [5.74, 6) is -0.595. The molecule has 0 aliphatic carbocycles. The predicted octanol–water partition coefficient (Wildman–Crippen LogP) is 4.18. The molecule has 1 amide bonds. The molecule has 0 bridgehead atoms. The van der Waals surface area contributed by atoms with Gasteiger partial charge in [0.1, 0.15) is 5.82 Å². The lowest BCUT2D eigenvalue weighted by Crippen LogP contribution is -2.22. The number of carbonyl (C=O) groups excluding carboxylic acids is 1. The molecule has 2 aromatic rings. The summed E-state index contributed by atoms with van der Waals surface area (Å²) in [6.45, 7) is 1.71. The molecule has 6 heteroatoms. The minimum Gasteiger partial charge on any atom is -0.399 e. The Morgan fingerprint density at radius 1 is 1.33 bits per heavy atom. The highest BCUT2D eigenvalue weighted by molar-refractivity contribution is 8.00. The summed E-state index contributed by atoms with van der Waals surface area (Å²) in [6.07, 6.45) is 0. The molecule has 0 heterocycles. The van der Waals surface area contributed by atoms with Crippen molar-refractivity contribution in [2.45, 2.75) is 17.1 Å². The second kappa shape index (κ2) is 6.83. The van der Waals surface area contributed by atoms with E-state index in [1.54, 1.807) is 43.3 Å². The molecule has 0 aromatic heterocycles. The monoisotopic (exact) mass is 324 g/mol. The van der Waals surface area contributed by atoms with Crippen molar-refractivity contribution in [3.8, 4) is 0 Å². The summed E-state index contributed by atoms with van der Waals surface area (Å²) >= 11 is 7.15. The van der Waals surface area contributed by atoms with Crippen LogP contribution >= 0.6 is 23.4 Å². The van der Waals surface area contributed by atoms with Crippen LogP contribution in [0.3, 0.4) is 0 Å². The molecule has 2 aromatic carbocycles. The minimum atomic E-state index is -0.462. The fourth-order valence-corrected chi connectivity index (χ4v) is 2.77. The Hall–Kier alpha value is -1.72. The van der Waals surface area contributed by atoms with E-state index in [4.69, 9.17) is 17.3 Å². The van der Waals surface area contributed by atoms with Gasteiger partial charge in [-0.3, -0.25) is 4.79 Å². The van der Waals surface area contributed by atoms with Crippen LogP contribution in [-0.4, -0.2) is 11.2 Å². The van der Waals surface area contributed by atoms with Gasteiger partial charge in [0.2, 0.25) is 5.91 Å². The van der Waals surface area contributed by atoms with E-state index in [0.29, 0.717) is 21.3 Å². The molecular weight excluding hydrogens is 311 g/mol. The van der Waals surface area contributed by atoms with E-state index in [0.717, 1.165) is 11.8 Å². The molecule has 3 N–H and O–H groups in total. The van der Waals surface area contributed by atoms with E-state index >= 15 is 0 Å². The van der Waals surface area contributed by atoms with E-state index in [1.807, 2.05) is 0 Å². The summed E-state index contributed by atoms with van der Waals surface area (Å²) in [5.41, 5.74) is 6.60. The third-order valence-electron chi connectivity index (χ3n) is 2.76. The van der Waals surface area contributed by atoms with Gasteiger partial charge in [-0.1, -0.05) is 23.7 Å². The first kappa shape index (κ1) is 15.7. The van der Waals surface area contributed by atoms with Gasteiger partial charge in [0.15, 0.2) is 0 Å². The highest BCUT2D eigenvalue weighted by Gasteiger charge is 2.17. The van der Waals surface area contributed by atoms with Gasteiger partial charge in [-0.2, -0.15) is 0 Å². The standard InChI is InChI=1S/C15H14ClFN2OS/c1-9(21-14-5-3-2-4-12(14)17)15(20)19-13-7-6-10(18)8-11(13)16/h2-9H,18H2,1H3,(H,19,20). The molecular formula is C15H14ClFN2OS. The SMILES string of the molecule is CC(Sc1ccccc1F)C(=O)Nc1ccc(N)cc1Cl. The molecule has 3 nitrogen and oxygen atoms in total. The highest BCUT2D eigenvalue weighted by Crippen LogP contribution is 2.28. The predicted molar refractivity (Wildman–Crippen MR) is 86.2 cm³/mol. The fraction of sp³-hybridized carbons (Fsp3) is 0.133. The number of rotatable bonds is 4. The van der Waals surface area contributed by atoms with Crippen LogP contribution in [0.5, 0.6) is 0 Å². The molecule has 110 valence electrons. The van der Waals surface area contributed by atoms with E-state index in [-0.39, 0.29) is 11.7 Å². The van der Waals surface area contributed by atoms with Crippen molar-refractivity contribution < 1.29 is 9.18 Å². The zero-order valence-electron chi connectivity index (χ0n) is 11.3. The first-order valence-corrected chi connectivity index (χ1v) is 7.50. The molecule has 0 aliphatic heterocycles. The molecule has 0 saturated carbocycles. The highest BCUT2D eigenvalue weighted by atomic mass is 35.5. The molecule has 1 atom stereocenters. The van der Waals surface area contributed by atoms with Crippen molar-refractivity contribution in [2.24, 2.45) is 0 Å². The van der Waals surface area contributed by atoms with Crippen molar-refractivity contribution in [3.63, 3.8) is 0 Å². The lowest BCUT2D eigenvalue weighted by molar-refractivity contribution is -0.115. The number of hydrogen-bond acceptors (Lipinski definition) is 3. The second-order valence-corrected chi connectivity index (χ2v) is 6.21. The minimum absolute atomic E-state index is 0.255. The third kappa shape index (κ3) is 4.12. The second-order valence-electron chi connectivity index (χ2n) is 4.42. The van der Waals surface area contributed by atoms with Crippen LogP contribution in [0.2, 0.25) is 5.02 Å². The first-order chi connectivity index (χ1) is 9.97. The topological polar surface area (TPSA) is 55.1 Å². The molecule has 2 rings (SSSR count). The number of nitrogens with one attached hydrogen (secondary N) is 1. The number of carbonyl (C=O) groups is 1. The molecule has 0 aliphatic rings. The number of anilines is 2. The van der Waals surface area contributed by atoms with Gasteiger partial charge in [0.25, 0.3) is 0 Å². The lowest BCUT2D eigenvalue weighted by atomic mass is 10.2. The van der Waals surface area contributed by atoms with Gasteiger partial charge in [0.05, 0.1) is 16.0 Å². The Labute approximate surface area is 131 Å². The van der Waals surface area contributed by atoms with Crippen LogP contribution in [0, 0.1) is 5.82 Å². The number of nitrogen functional groups attached to an aromatic ring is 1. The van der Waals surface area contributed by atoms with Gasteiger partial charge >= 0.3 is 0 Å². The first-order valence-electron chi connectivity index (χ1n) is 6.24. The Balaban J connectivity index is 2.04. The summed E-state index contributed by atoms with van der Waals surface area (Å²) in [7, 11) is 0. The summed E-state index contributed by atoms with van der Waals surface area (Å²) in [4.78, 5) is 12.6. The Morgan fingerprint density at radius 3 is 2.71 bits per heavy atom. The summed E-state index contributed by atoms with van der Waals surface area (Å²) < 4.78 is 13.6. The van der Waals surface area contributed by atoms with Crippen molar-refractivity contribution in [2.75, 3.05) is 11.1 Å². The number of hydrogen-bond donors (Lipinski definition) is 2. The van der Waals surface area contributed by atoms with E-state index < -0.39 is 5.25 Å². The average Bonchev–Trinajstić information content (AvgIpc) is 2.44. The number of halogens is 2. The van der Waals surface area contributed by atoms with Crippen LogP contribution in [0.4, 0.5) is 15.8 Å². The van der Waals surface area contributed by atoms with E-state index in [1.165, 1.54) is 6.07 Å². The van der Waals surface area contributed by atoms with Crippen LogP contribution in [0.25, 0.3) is 0 Å². The smallest absolute Gasteiger partial charge is 0.237 e. The normalized spacial score (nSPS) is 12.0. The zero-order valence-corrected chi connectivity index (χ0v) is 12.8. The van der Waals surface area contributed by atoms with Crippen molar-refractivity contribution in [1.82, 2.24) is 0 Å². The Morgan fingerprint density at radius 2 is 2.05 bits per heavy atom. The van der Waals surface area contributed by atoms with Crippen LogP contribution < -0.4 is 11.1 Å². The summed E-state index contributed by atoms with van der Waals surface area (Å²) in [6, 6.07) is 11.2. The maximum atomic E-state index is 13.6. The average molecular weight is 325 g/mol. The van der Waals surface area contributed by atoms with Crippen LogP contribution in [0.1, 0.15) is 6.92 Å². The van der Waals surface area contributed by atoms with Crippen molar-refractivity contribution in [1.29, 1.82) is 0 Å². The molecule has 1 unspecified atom stereocenters. The van der Waals surface area contributed by atoms with Crippen LogP contribution in [-0.2, 0) is 4.79 Å². The third-order valence-corrected chi connectivity index (χ3v) is 4.23. The Bertz CT molecular complexity index is 666. The molecule has 21 heavy (non-hydrogen) atoms. The van der Waals surface area contributed by atoms with Gasteiger partial charge in [-0.15, -0.1) is 11.8 Å². The summed E-state index contributed by atoms with van der Waals surface area (Å²) in [5, 5.41) is 2.61. The number of nitrogens with two attached hydrogens (primary N) is 1. The number of benzene rings is 2. The van der Waals surface area contributed by atoms with Gasteiger partial charge < -0.3 is 11.1 Å². The van der Waals surface area contributed by atoms with Crippen molar-refractivity contribution in [3.05, 3.63) is 53.3 Å². The molecule has 0 spiro atoms. The maximum Gasteiger partial charge on any atom is 0.237 e.